The van der Waals surface area contributed by atoms with Crippen LogP contribution in [0.4, 0.5) is 0 Å². The van der Waals surface area contributed by atoms with Crippen molar-refractivity contribution in [2.75, 3.05) is 7.11 Å². The first-order chi connectivity index (χ1) is 14.5. The largest absolute Gasteiger partial charge is 0.467 e. The number of methoxy groups -OCH3 is 1. The van der Waals surface area contributed by atoms with Gasteiger partial charge >= 0.3 is 0 Å². The molecule has 164 valence electrons. The third kappa shape index (κ3) is 2.29. The second-order valence-corrected chi connectivity index (χ2v) is 11.5. The van der Waals surface area contributed by atoms with Crippen LogP contribution in [0.3, 0.4) is 0 Å². The van der Waals surface area contributed by atoms with Gasteiger partial charge in [0.15, 0.2) is 0 Å². The molecule has 1 spiro atoms. The molecule has 0 aromatic carbocycles. The maximum absolute atomic E-state index is 6.49. The fourth-order valence-corrected chi connectivity index (χ4v) is 9.67. The maximum Gasteiger partial charge on any atom is 0.129 e. The van der Waals surface area contributed by atoms with Crippen LogP contribution in [0.25, 0.3) is 0 Å². The van der Waals surface area contributed by atoms with E-state index < -0.39 is 0 Å². The Morgan fingerprint density at radius 2 is 2.03 bits per heavy atom. The first-order valence-corrected chi connectivity index (χ1v) is 12.3. The summed E-state index contributed by atoms with van der Waals surface area (Å²) >= 11 is 0. The van der Waals surface area contributed by atoms with Crippen molar-refractivity contribution in [3.05, 3.63) is 35.8 Å². The molecule has 0 unspecified atom stereocenters. The summed E-state index contributed by atoms with van der Waals surface area (Å²) in [5.41, 5.74) is 2.83. The normalized spacial score (nSPS) is 52.6. The van der Waals surface area contributed by atoms with E-state index in [0.717, 1.165) is 23.5 Å². The van der Waals surface area contributed by atoms with Gasteiger partial charge in [0.25, 0.3) is 0 Å². The van der Waals surface area contributed by atoms with E-state index in [-0.39, 0.29) is 11.5 Å². The van der Waals surface area contributed by atoms with Gasteiger partial charge in [-0.15, -0.1) is 0 Å². The molecule has 0 saturated heterocycles. The Balaban J connectivity index is 1.30. The van der Waals surface area contributed by atoms with Gasteiger partial charge in [-0.05, 0) is 104 Å². The first kappa shape index (κ1) is 19.6. The van der Waals surface area contributed by atoms with Gasteiger partial charge in [-0.25, -0.2) is 0 Å². The van der Waals surface area contributed by atoms with E-state index in [1.807, 2.05) is 19.2 Å². The Hall–Kier alpha value is -1.06. The van der Waals surface area contributed by atoms with Crippen molar-refractivity contribution in [3.63, 3.8) is 0 Å². The van der Waals surface area contributed by atoms with Gasteiger partial charge in [0.1, 0.15) is 12.4 Å². The van der Waals surface area contributed by atoms with Crippen molar-refractivity contribution in [3.8, 4) is 0 Å². The van der Waals surface area contributed by atoms with E-state index in [1.165, 1.54) is 44.9 Å². The van der Waals surface area contributed by atoms with E-state index in [2.05, 4.69) is 26.8 Å². The molecule has 0 N–H and O–H groups in total. The zero-order valence-corrected chi connectivity index (χ0v) is 19.2. The van der Waals surface area contributed by atoms with Crippen LogP contribution >= 0.6 is 0 Å². The smallest absolute Gasteiger partial charge is 0.129 e. The molecular weight excluding hydrogens is 372 g/mol. The number of furan rings is 1. The van der Waals surface area contributed by atoms with Crippen LogP contribution in [0.5, 0.6) is 0 Å². The van der Waals surface area contributed by atoms with Gasteiger partial charge in [-0.2, -0.15) is 0 Å². The predicted octanol–water partition coefficient (Wildman–Crippen LogP) is 6.39. The lowest BCUT2D eigenvalue weighted by atomic mass is 9.46. The predicted molar refractivity (Wildman–Crippen MR) is 117 cm³/mol. The molecule has 30 heavy (non-hydrogen) atoms. The minimum absolute atomic E-state index is 0.232. The molecular formula is C27H38O3. The summed E-state index contributed by atoms with van der Waals surface area (Å²) in [6, 6.07) is 3.97. The van der Waals surface area contributed by atoms with Gasteiger partial charge in [-0.3, -0.25) is 0 Å². The highest BCUT2D eigenvalue weighted by atomic mass is 16.5. The molecule has 5 aliphatic rings. The molecule has 6 rings (SSSR count). The first-order valence-electron chi connectivity index (χ1n) is 12.3. The Bertz CT molecular complexity index is 842. The standard InChI is InChI=1S/C27H38O3/c1-5-20-23(30-16-18-7-6-12-29-18)14-22-19-13-24(28-4)27-15-17(27)8-11-26(27,3)21(19)9-10-25(20,22)2/h5-7,12,17,19,21-24H,8-11,13-16H2,1-4H3/b20-5-/t17-,19-,21+,22+,23-,24-,25-,26-,27+/m1/s1. The molecule has 0 amide bonds. The van der Waals surface area contributed by atoms with Crippen molar-refractivity contribution >= 4 is 0 Å². The fraction of sp³-hybridized carbons (Fsp3) is 0.778. The average molecular weight is 411 g/mol. The number of hydrogen-bond acceptors (Lipinski definition) is 3. The number of rotatable bonds is 4. The molecule has 3 heteroatoms. The lowest BCUT2D eigenvalue weighted by Crippen LogP contribution is -2.56. The van der Waals surface area contributed by atoms with Crippen LogP contribution in [-0.4, -0.2) is 19.3 Å². The van der Waals surface area contributed by atoms with E-state index >= 15 is 0 Å². The van der Waals surface area contributed by atoms with Crippen LogP contribution in [0.2, 0.25) is 0 Å². The van der Waals surface area contributed by atoms with Crippen LogP contribution in [-0.2, 0) is 16.1 Å². The molecule has 0 aliphatic heterocycles. The van der Waals surface area contributed by atoms with Gasteiger partial charge in [0.05, 0.1) is 18.5 Å². The molecule has 1 aromatic rings. The van der Waals surface area contributed by atoms with Crippen LogP contribution in [0, 0.1) is 39.9 Å². The topological polar surface area (TPSA) is 31.6 Å². The molecule has 5 fully saturated rings. The number of allylic oxidation sites excluding steroid dienone is 1. The lowest BCUT2D eigenvalue weighted by molar-refractivity contribution is -0.152. The highest BCUT2D eigenvalue weighted by molar-refractivity contribution is 5.31. The average Bonchev–Trinajstić information content (AvgIpc) is 3.04. The molecule has 0 radical (unpaired) electrons. The number of ether oxygens (including phenoxy) is 2. The minimum Gasteiger partial charge on any atom is -0.467 e. The molecule has 5 aliphatic carbocycles. The van der Waals surface area contributed by atoms with Crippen LogP contribution < -0.4 is 0 Å². The Labute approximate surface area is 181 Å². The SMILES string of the molecule is C/C=C1/[C@H](OCc2ccco2)C[C@H]2[C@@H]3C[C@@H](OC)[C@]45C[C@H]4CC[C@]5(C)[C@H]3CC[C@]12C. The summed E-state index contributed by atoms with van der Waals surface area (Å²) in [6.07, 6.45) is 14.3. The third-order valence-electron chi connectivity index (χ3n) is 11.0. The minimum atomic E-state index is 0.232. The van der Waals surface area contributed by atoms with E-state index in [1.54, 1.807) is 11.8 Å². The molecule has 5 saturated carbocycles. The van der Waals surface area contributed by atoms with Crippen LogP contribution in [0.1, 0.15) is 71.5 Å². The lowest BCUT2D eigenvalue weighted by Gasteiger charge is -2.60. The number of hydrogen-bond donors (Lipinski definition) is 0. The van der Waals surface area contributed by atoms with Gasteiger partial charge < -0.3 is 13.9 Å². The quantitative estimate of drug-likeness (QED) is 0.539. The Kier molecular flexibility index (Phi) is 4.24. The summed E-state index contributed by atoms with van der Waals surface area (Å²) in [5.74, 6) is 4.24. The van der Waals surface area contributed by atoms with Crippen molar-refractivity contribution in [2.24, 2.45) is 39.9 Å². The zero-order chi connectivity index (χ0) is 20.7. The van der Waals surface area contributed by atoms with Crippen molar-refractivity contribution in [2.45, 2.75) is 84.5 Å². The molecule has 1 heterocycles. The van der Waals surface area contributed by atoms with Crippen molar-refractivity contribution in [1.29, 1.82) is 0 Å². The van der Waals surface area contributed by atoms with E-state index in [9.17, 15) is 0 Å². The summed E-state index contributed by atoms with van der Waals surface area (Å²) in [6.45, 7) is 8.00. The van der Waals surface area contributed by atoms with Crippen LogP contribution in [0.15, 0.2) is 34.5 Å². The monoisotopic (exact) mass is 410 g/mol. The van der Waals surface area contributed by atoms with Gasteiger partial charge in [0, 0.05) is 12.5 Å². The molecule has 1 aromatic heterocycles. The zero-order valence-electron chi connectivity index (χ0n) is 19.2. The molecule has 9 atom stereocenters. The van der Waals surface area contributed by atoms with Crippen molar-refractivity contribution in [1.82, 2.24) is 0 Å². The maximum atomic E-state index is 6.49. The third-order valence-corrected chi connectivity index (χ3v) is 11.0. The second-order valence-electron chi connectivity index (χ2n) is 11.5. The van der Waals surface area contributed by atoms with Crippen molar-refractivity contribution < 1.29 is 13.9 Å². The van der Waals surface area contributed by atoms with Gasteiger partial charge in [-0.1, -0.05) is 19.9 Å². The highest BCUT2D eigenvalue weighted by Crippen LogP contribution is 2.82. The number of fused-ring (bicyclic) bond motifs is 4. The Morgan fingerprint density at radius 3 is 2.73 bits per heavy atom. The summed E-state index contributed by atoms with van der Waals surface area (Å²) in [4.78, 5) is 0. The molecule has 0 bridgehead atoms. The summed E-state index contributed by atoms with van der Waals surface area (Å²) < 4.78 is 18.3. The summed E-state index contributed by atoms with van der Waals surface area (Å²) in [5, 5.41) is 0. The second kappa shape index (κ2) is 6.48. The van der Waals surface area contributed by atoms with Gasteiger partial charge in [0.2, 0.25) is 0 Å². The summed E-state index contributed by atoms with van der Waals surface area (Å²) in [7, 11) is 1.98. The Morgan fingerprint density at radius 1 is 1.17 bits per heavy atom. The van der Waals surface area contributed by atoms with E-state index in [0.29, 0.717) is 29.5 Å². The fourth-order valence-electron chi connectivity index (χ4n) is 9.67. The van der Waals surface area contributed by atoms with E-state index in [4.69, 9.17) is 13.9 Å². The molecule has 3 nitrogen and oxygen atoms in total. The highest BCUT2D eigenvalue weighted by Gasteiger charge is 2.77.